The lowest BCUT2D eigenvalue weighted by molar-refractivity contribution is 0.0600. The van der Waals surface area contributed by atoms with Crippen LogP contribution in [0.2, 0.25) is 0 Å². The van der Waals surface area contributed by atoms with Crippen LogP contribution in [0.3, 0.4) is 0 Å². The summed E-state index contributed by atoms with van der Waals surface area (Å²) in [5.41, 5.74) is 0.881. The van der Waals surface area contributed by atoms with Crippen molar-refractivity contribution >= 4 is 27.5 Å². The Morgan fingerprint density at radius 2 is 1.90 bits per heavy atom. The van der Waals surface area contributed by atoms with Crippen LogP contribution in [0, 0.1) is 0 Å². The molecule has 1 aromatic rings. The van der Waals surface area contributed by atoms with Crippen LogP contribution in [0.5, 0.6) is 0 Å². The van der Waals surface area contributed by atoms with Crippen LogP contribution in [0.1, 0.15) is 16.8 Å². The number of sulfone groups is 1. The van der Waals surface area contributed by atoms with Crippen LogP contribution in [0.15, 0.2) is 24.3 Å². The van der Waals surface area contributed by atoms with Crippen LogP contribution in [0.25, 0.3) is 0 Å². The minimum absolute atomic E-state index is 0.0261. The van der Waals surface area contributed by atoms with Crippen molar-refractivity contribution in [1.29, 1.82) is 0 Å². The molecule has 1 fully saturated rings. The lowest BCUT2D eigenvalue weighted by Crippen LogP contribution is -2.38. The number of rotatable bonds is 3. The first kappa shape index (κ1) is 15.3. The van der Waals surface area contributed by atoms with E-state index in [2.05, 4.69) is 15.4 Å². The van der Waals surface area contributed by atoms with Gasteiger partial charge in [-0.15, -0.1) is 0 Å². The molecule has 1 unspecified atom stereocenters. The average Bonchev–Trinajstić information content (AvgIpc) is 2.77. The third kappa shape index (κ3) is 4.19. The smallest absolute Gasteiger partial charge is 0.337 e. The second-order valence-electron chi connectivity index (χ2n) is 4.77. The van der Waals surface area contributed by atoms with Crippen LogP contribution in [-0.4, -0.2) is 45.1 Å². The normalized spacial score (nSPS) is 19.8. The zero-order valence-electron chi connectivity index (χ0n) is 11.5. The van der Waals surface area contributed by atoms with Crippen LogP contribution in [0.4, 0.5) is 10.5 Å². The van der Waals surface area contributed by atoms with Crippen LogP contribution < -0.4 is 10.6 Å². The predicted molar refractivity (Wildman–Crippen MR) is 77.0 cm³/mol. The summed E-state index contributed by atoms with van der Waals surface area (Å²) in [4.78, 5) is 23.0. The van der Waals surface area contributed by atoms with Crippen molar-refractivity contribution in [3.63, 3.8) is 0 Å². The molecule has 0 saturated carbocycles. The molecule has 1 heterocycles. The molecule has 0 spiro atoms. The maximum Gasteiger partial charge on any atom is 0.337 e. The highest BCUT2D eigenvalue weighted by atomic mass is 32.2. The highest BCUT2D eigenvalue weighted by Gasteiger charge is 2.28. The number of ether oxygens (including phenoxy) is 1. The van der Waals surface area contributed by atoms with Gasteiger partial charge in [-0.2, -0.15) is 0 Å². The van der Waals surface area contributed by atoms with Crippen molar-refractivity contribution in [3.05, 3.63) is 29.8 Å². The summed E-state index contributed by atoms with van der Waals surface area (Å²) in [6.45, 7) is 0. The SMILES string of the molecule is COC(=O)c1ccc(NC(=O)NC2CCS(=O)(=O)C2)cc1. The molecule has 2 N–H and O–H groups in total. The molecular formula is C13H16N2O5S. The quantitative estimate of drug-likeness (QED) is 0.803. The summed E-state index contributed by atoms with van der Waals surface area (Å²) in [5.74, 6) is -0.379. The fourth-order valence-corrected chi connectivity index (χ4v) is 3.74. The first-order chi connectivity index (χ1) is 9.89. The average molecular weight is 312 g/mol. The molecular weight excluding hydrogens is 296 g/mol. The highest BCUT2D eigenvalue weighted by molar-refractivity contribution is 7.91. The molecule has 1 aliphatic heterocycles. The van der Waals surface area contributed by atoms with Gasteiger partial charge in [0.1, 0.15) is 0 Å². The summed E-state index contributed by atoms with van der Waals surface area (Å²) < 4.78 is 27.2. The first-order valence-corrected chi connectivity index (χ1v) is 8.18. The van der Waals surface area contributed by atoms with Gasteiger partial charge < -0.3 is 15.4 Å². The maximum atomic E-state index is 11.7. The molecule has 7 nitrogen and oxygen atoms in total. The predicted octanol–water partition coefficient (Wildman–Crippen LogP) is 0.782. The van der Waals surface area contributed by atoms with Gasteiger partial charge in [-0.25, -0.2) is 18.0 Å². The second kappa shape index (κ2) is 6.13. The van der Waals surface area contributed by atoms with Gasteiger partial charge in [-0.1, -0.05) is 0 Å². The van der Waals surface area contributed by atoms with E-state index in [1.807, 2.05) is 0 Å². The fourth-order valence-electron chi connectivity index (χ4n) is 2.07. The van der Waals surface area contributed by atoms with E-state index in [0.717, 1.165) is 0 Å². The summed E-state index contributed by atoms with van der Waals surface area (Å²) in [6, 6.07) is 5.37. The summed E-state index contributed by atoms with van der Waals surface area (Å²) in [6.07, 6.45) is 0.428. The van der Waals surface area contributed by atoms with Gasteiger partial charge in [0, 0.05) is 11.7 Å². The van der Waals surface area contributed by atoms with Gasteiger partial charge in [0.2, 0.25) is 0 Å². The molecule has 0 bridgehead atoms. The number of carbonyl (C=O) groups excluding carboxylic acids is 2. The van der Waals surface area contributed by atoms with E-state index >= 15 is 0 Å². The number of benzene rings is 1. The van der Waals surface area contributed by atoms with E-state index in [1.165, 1.54) is 19.2 Å². The van der Waals surface area contributed by atoms with Gasteiger partial charge in [0.15, 0.2) is 9.84 Å². The number of urea groups is 1. The highest BCUT2D eigenvalue weighted by Crippen LogP contribution is 2.13. The van der Waals surface area contributed by atoms with E-state index < -0.39 is 21.8 Å². The number of amides is 2. The van der Waals surface area contributed by atoms with Crippen LogP contribution >= 0.6 is 0 Å². The summed E-state index contributed by atoms with van der Waals surface area (Å²) in [7, 11) is -1.74. The summed E-state index contributed by atoms with van der Waals surface area (Å²) in [5, 5.41) is 5.19. The standard InChI is InChI=1S/C13H16N2O5S/c1-20-12(16)9-2-4-10(5-3-9)14-13(17)15-11-6-7-21(18,19)8-11/h2-5,11H,6-8H2,1H3,(H2,14,15,17). The van der Waals surface area contributed by atoms with Gasteiger partial charge >= 0.3 is 12.0 Å². The van der Waals surface area contributed by atoms with E-state index in [9.17, 15) is 18.0 Å². The molecule has 21 heavy (non-hydrogen) atoms. The minimum Gasteiger partial charge on any atom is -0.465 e. The molecule has 1 aromatic carbocycles. The Morgan fingerprint density at radius 3 is 2.43 bits per heavy atom. The third-order valence-corrected chi connectivity index (χ3v) is 4.90. The number of nitrogens with one attached hydrogen (secondary N) is 2. The Balaban J connectivity index is 1.90. The number of hydrogen-bond acceptors (Lipinski definition) is 5. The molecule has 1 saturated heterocycles. The molecule has 8 heteroatoms. The Bertz CT molecular complexity index is 639. The van der Waals surface area contributed by atoms with Gasteiger partial charge in [0.05, 0.1) is 24.2 Å². The van der Waals surface area contributed by atoms with Crippen molar-refractivity contribution in [1.82, 2.24) is 5.32 Å². The molecule has 0 radical (unpaired) electrons. The van der Waals surface area contributed by atoms with E-state index in [4.69, 9.17) is 0 Å². The Hall–Kier alpha value is -2.09. The fraction of sp³-hybridized carbons (Fsp3) is 0.385. The monoisotopic (exact) mass is 312 g/mol. The van der Waals surface area contributed by atoms with Crippen molar-refractivity contribution in [2.24, 2.45) is 0 Å². The first-order valence-electron chi connectivity index (χ1n) is 6.36. The van der Waals surface area contributed by atoms with Gasteiger partial charge in [0.25, 0.3) is 0 Å². The van der Waals surface area contributed by atoms with Crippen LogP contribution in [-0.2, 0) is 14.6 Å². The number of esters is 1. The molecule has 1 aliphatic rings. The molecule has 1 atom stereocenters. The molecule has 114 valence electrons. The Morgan fingerprint density at radius 1 is 1.24 bits per heavy atom. The Labute approximate surface area is 122 Å². The number of carbonyl (C=O) groups is 2. The summed E-state index contributed by atoms with van der Waals surface area (Å²) >= 11 is 0. The molecule has 0 aromatic heterocycles. The number of hydrogen-bond donors (Lipinski definition) is 2. The minimum atomic E-state index is -3.03. The van der Waals surface area contributed by atoms with Crippen molar-refractivity contribution < 1.29 is 22.7 Å². The van der Waals surface area contributed by atoms with Gasteiger partial charge in [-0.05, 0) is 30.7 Å². The lowest BCUT2D eigenvalue weighted by Gasteiger charge is -2.12. The maximum absolute atomic E-state index is 11.7. The molecule has 2 amide bonds. The largest absolute Gasteiger partial charge is 0.465 e. The van der Waals surface area contributed by atoms with E-state index in [1.54, 1.807) is 12.1 Å². The van der Waals surface area contributed by atoms with E-state index in [-0.39, 0.29) is 17.5 Å². The van der Waals surface area contributed by atoms with E-state index in [0.29, 0.717) is 17.7 Å². The molecule has 2 rings (SSSR count). The topological polar surface area (TPSA) is 102 Å². The third-order valence-electron chi connectivity index (χ3n) is 3.13. The number of methoxy groups -OCH3 is 1. The van der Waals surface area contributed by atoms with Crippen molar-refractivity contribution in [2.45, 2.75) is 12.5 Å². The second-order valence-corrected chi connectivity index (χ2v) is 7.00. The zero-order valence-corrected chi connectivity index (χ0v) is 12.3. The van der Waals surface area contributed by atoms with Gasteiger partial charge in [-0.3, -0.25) is 0 Å². The van der Waals surface area contributed by atoms with Crippen molar-refractivity contribution in [3.8, 4) is 0 Å². The Kier molecular flexibility index (Phi) is 4.46. The zero-order chi connectivity index (χ0) is 15.5. The molecule has 0 aliphatic carbocycles. The number of anilines is 1. The lowest BCUT2D eigenvalue weighted by atomic mass is 10.2. The van der Waals surface area contributed by atoms with Crippen molar-refractivity contribution in [2.75, 3.05) is 23.9 Å².